The Morgan fingerprint density at radius 3 is 2.39 bits per heavy atom. The van der Waals surface area contributed by atoms with Gasteiger partial charge in [-0.1, -0.05) is 29.8 Å². The number of rotatable bonds is 3. The van der Waals surface area contributed by atoms with E-state index in [-0.39, 0.29) is 10.0 Å². The lowest BCUT2D eigenvalue weighted by Gasteiger charge is -2.04. The van der Waals surface area contributed by atoms with Gasteiger partial charge in [0.2, 0.25) is 0 Å². The highest BCUT2D eigenvalue weighted by Crippen LogP contribution is 2.19. The predicted octanol–water partition coefficient (Wildman–Crippen LogP) is 1.47. The normalized spacial score (nSPS) is 11.4. The molecule has 94 valence electrons. The highest BCUT2D eigenvalue weighted by Gasteiger charge is 2.23. The van der Waals surface area contributed by atoms with Gasteiger partial charge < -0.3 is 5.11 Å². The molecule has 18 heavy (non-hydrogen) atoms. The van der Waals surface area contributed by atoms with Crippen molar-refractivity contribution in [1.29, 1.82) is 0 Å². The molecule has 0 unspecified atom stereocenters. The van der Waals surface area contributed by atoms with Crippen LogP contribution in [0, 0.1) is 0 Å². The summed E-state index contributed by atoms with van der Waals surface area (Å²) in [5.74, 6) is -1.35. The molecule has 0 saturated carbocycles. The summed E-state index contributed by atoms with van der Waals surface area (Å²) in [6, 6.07) is 8.46. The largest absolute Gasteiger partial charge is 0.476 e. The van der Waals surface area contributed by atoms with Gasteiger partial charge >= 0.3 is 5.97 Å². The van der Waals surface area contributed by atoms with Crippen LogP contribution in [0.3, 0.4) is 0 Å². The van der Waals surface area contributed by atoms with E-state index in [0.29, 0.717) is 4.09 Å². The number of benzene rings is 1. The van der Waals surface area contributed by atoms with Gasteiger partial charge in [-0.25, -0.2) is 4.79 Å². The van der Waals surface area contributed by atoms with Crippen molar-refractivity contribution in [3.8, 4) is 0 Å². The minimum Gasteiger partial charge on any atom is -0.476 e. The highest BCUT2D eigenvalue weighted by molar-refractivity contribution is 7.90. The van der Waals surface area contributed by atoms with Crippen LogP contribution in [0.15, 0.2) is 41.3 Å². The first-order chi connectivity index (χ1) is 8.43. The number of carboxylic acid groups (broad SMARTS) is 1. The second kappa shape index (κ2) is 4.43. The quantitative estimate of drug-likeness (QED) is 0.923. The molecule has 0 aliphatic heterocycles. The van der Waals surface area contributed by atoms with Crippen molar-refractivity contribution in [2.24, 2.45) is 0 Å². The Bertz CT molecular complexity index is 694. The molecule has 1 aromatic heterocycles. The third-order valence-corrected chi connectivity index (χ3v) is 4.10. The number of aromatic nitrogens is 2. The second-order valence-electron chi connectivity index (χ2n) is 3.32. The third kappa shape index (κ3) is 2.09. The van der Waals surface area contributed by atoms with Gasteiger partial charge in [0.25, 0.3) is 10.0 Å². The van der Waals surface area contributed by atoms with Crippen LogP contribution < -0.4 is 0 Å². The van der Waals surface area contributed by atoms with Crippen LogP contribution in [0.25, 0.3) is 0 Å². The second-order valence-corrected chi connectivity index (χ2v) is 5.47. The van der Waals surface area contributed by atoms with Crippen molar-refractivity contribution in [2.45, 2.75) is 4.90 Å². The van der Waals surface area contributed by atoms with Crippen LogP contribution in [-0.2, 0) is 10.0 Å². The zero-order valence-electron chi connectivity index (χ0n) is 8.82. The summed E-state index contributed by atoms with van der Waals surface area (Å²) < 4.78 is 24.7. The molecule has 0 fully saturated rings. The Morgan fingerprint density at radius 1 is 1.28 bits per heavy atom. The van der Waals surface area contributed by atoms with Crippen LogP contribution in [0.5, 0.6) is 0 Å². The van der Waals surface area contributed by atoms with E-state index in [9.17, 15) is 13.2 Å². The van der Waals surface area contributed by atoms with Crippen LogP contribution in [-0.4, -0.2) is 28.7 Å². The molecule has 0 spiro atoms. The number of nitrogens with zero attached hydrogens (tertiary/aromatic N) is 2. The zero-order valence-corrected chi connectivity index (χ0v) is 10.4. The molecular formula is C10H7ClN2O4S. The summed E-state index contributed by atoms with van der Waals surface area (Å²) in [7, 11) is -3.97. The lowest BCUT2D eigenvalue weighted by atomic mass is 10.4. The van der Waals surface area contributed by atoms with Gasteiger partial charge in [0.15, 0.2) is 5.69 Å². The lowest BCUT2D eigenvalue weighted by molar-refractivity contribution is 0.0690. The molecule has 2 aromatic rings. The summed E-state index contributed by atoms with van der Waals surface area (Å²) in [5, 5.41) is 11.9. The number of aromatic carboxylic acids is 1. The van der Waals surface area contributed by atoms with Gasteiger partial charge in [-0.05, 0) is 12.1 Å². The highest BCUT2D eigenvalue weighted by atomic mass is 35.5. The Hall–Kier alpha value is -1.86. The molecule has 0 bridgehead atoms. The number of carboxylic acids is 1. The smallest absolute Gasteiger partial charge is 0.356 e. The monoisotopic (exact) mass is 286 g/mol. The average Bonchev–Trinajstić information content (AvgIpc) is 2.73. The van der Waals surface area contributed by atoms with Gasteiger partial charge in [0, 0.05) is 6.07 Å². The van der Waals surface area contributed by atoms with E-state index >= 15 is 0 Å². The molecule has 8 heteroatoms. The first-order valence-electron chi connectivity index (χ1n) is 4.72. The Morgan fingerprint density at radius 2 is 1.89 bits per heavy atom. The summed E-state index contributed by atoms with van der Waals surface area (Å²) >= 11 is 5.68. The number of hydrogen-bond acceptors (Lipinski definition) is 4. The van der Waals surface area contributed by atoms with Crippen LogP contribution in [0.4, 0.5) is 0 Å². The molecule has 6 nitrogen and oxygen atoms in total. The Labute approximate surface area is 107 Å². The molecule has 0 atom stereocenters. The zero-order chi connectivity index (χ0) is 13.3. The summed E-state index contributed by atoms with van der Waals surface area (Å²) in [5.41, 5.74) is -0.431. The molecule has 2 rings (SSSR count). The van der Waals surface area contributed by atoms with E-state index in [1.165, 1.54) is 12.1 Å². The molecule has 0 radical (unpaired) electrons. The first kappa shape index (κ1) is 12.6. The van der Waals surface area contributed by atoms with E-state index in [1.807, 2.05) is 0 Å². The fraction of sp³-hybridized carbons (Fsp3) is 0. The maximum atomic E-state index is 12.1. The van der Waals surface area contributed by atoms with E-state index in [4.69, 9.17) is 16.7 Å². The van der Waals surface area contributed by atoms with E-state index < -0.39 is 21.7 Å². The fourth-order valence-corrected chi connectivity index (χ4v) is 2.90. The topological polar surface area (TPSA) is 89.3 Å². The minimum absolute atomic E-state index is 0.0214. The van der Waals surface area contributed by atoms with Gasteiger partial charge in [0.05, 0.1) is 4.90 Å². The summed E-state index contributed by atoms with van der Waals surface area (Å²) in [6.45, 7) is 0. The van der Waals surface area contributed by atoms with Crippen molar-refractivity contribution in [3.63, 3.8) is 0 Å². The molecule has 0 saturated heterocycles. The van der Waals surface area contributed by atoms with E-state index in [2.05, 4.69) is 5.10 Å². The molecule has 1 N–H and O–H groups in total. The van der Waals surface area contributed by atoms with Gasteiger partial charge in [0.1, 0.15) is 5.15 Å². The maximum Gasteiger partial charge on any atom is 0.356 e. The Kier molecular flexibility index (Phi) is 3.10. The fourth-order valence-electron chi connectivity index (χ4n) is 1.31. The van der Waals surface area contributed by atoms with Gasteiger partial charge in [-0.2, -0.15) is 8.42 Å². The predicted molar refractivity (Wildman–Crippen MR) is 63.2 cm³/mol. The van der Waals surface area contributed by atoms with E-state index in [1.54, 1.807) is 18.2 Å². The van der Waals surface area contributed by atoms with E-state index in [0.717, 1.165) is 6.07 Å². The molecule has 0 amide bonds. The SMILES string of the molecule is O=C(O)c1cc(Cl)n(S(=O)(=O)c2ccccc2)n1. The van der Waals surface area contributed by atoms with Gasteiger partial charge in [-0.15, -0.1) is 9.19 Å². The Balaban J connectivity index is 2.59. The number of carbonyl (C=O) groups is 1. The standard InChI is InChI=1S/C10H7ClN2O4S/c11-9-6-8(10(14)15)12-13(9)18(16,17)7-4-2-1-3-5-7/h1-6H,(H,14,15). The van der Waals surface area contributed by atoms with Crippen LogP contribution in [0.2, 0.25) is 5.15 Å². The maximum absolute atomic E-state index is 12.1. The van der Waals surface area contributed by atoms with Gasteiger partial charge in [-0.3, -0.25) is 0 Å². The molecule has 1 aromatic carbocycles. The summed E-state index contributed by atoms with van der Waals surface area (Å²) in [6.07, 6.45) is 0. The molecule has 0 aliphatic carbocycles. The average molecular weight is 287 g/mol. The van der Waals surface area contributed by atoms with Crippen molar-refractivity contribution in [2.75, 3.05) is 0 Å². The van der Waals surface area contributed by atoms with Crippen LogP contribution in [0.1, 0.15) is 10.5 Å². The number of hydrogen-bond donors (Lipinski definition) is 1. The number of halogens is 1. The van der Waals surface area contributed by atoms with Crippen molar-refractivity contribution in [1.82, 2.24) is 9.19 Å². The molecule has 1 heterocycles. The minimum atomic E-state index is -3.97. The third-order valence-electron chi connectivity index (χ3n) is 2.12. The molecule has 0 aliphatic rings. The molecular weight excluding hydrogens is 280 g/mol. The lowest BCUT2D eigenvalue weighted by Crippen LogP contribution is -2.15. The summed E-state index contributed by atoms with van der Waals surface area (Å²) in [4.78, 5) is 10.7. The van der Waals surface area contributed by atoms with Crippen LogP contribution >= 0.6 is 11.6 Å². The first-order valence-corrected chi connectivity index (χ1v) is 6.54. The van der Waals surface area contributed by atoms with Crippen molar-refractivity contribution < 1.29 is 18.3 Å². The van der Waals surface area contributed by atoms with Crippen molar-refractivity contribution >= 4 is 27.6 Å². The van der Waals surface area contributed by atoms with Crippen molar-refractivity contribution in [3.05, 3.63) is 47.2 Å².